The Morgan fingerprint density at radius 2 is 1.70 bits per heavy atom. The third-order valence-electron chi connectivity index (χ3n) is 9.17. The molecule has 0 unspecified atom stereocenters. The molecule has 3 heteroatoms. The SMILES string of the molecule is C[C@]12CC[C@@H]3c4ccc(/C=C/c5ccccc5)cc4CC[C@H]3[C@@H]1C/C(=C\c1cccc(C(N)=O)c1)C2=O. The van der Waals surface area contributed by atoms with Crippen LogP contribution < -0.4 is 5.73 Å². The summed E-state index contributed by atoms with van der Waals surface area (Å²) in [6, 6.07) is 24.7. The van der Waals surface area contributed by atoms with E-state index in [-0.39, 0.29) is 5.41 Å². The molecule has 6 rings (SSSR count). The minimum atomic E-state index is -0.443. The Labute approximate surface area is 219 Å². The summed E-state index contributed by atoms with van der Waals surface area (Å²) in [6.45, 7) is 2.20. The first-order valence-corrected chi connectivity index (χ1v) is 13.4. The summed E-state index contributed by atoms with van der Waals surface area (Å²) >= 11 is 0. The number of nitrogens with two attached hydrogens (primary N) is 1. The topological polar surface area (TPSA) is 60.2 Å². The molecule has 3 aliphatic rings. The number of hydrogen-bond acceptors (Lipinski definition) is 2. The van der Waals surface area contributed by atoms with Crippen molar-refractivity contribution in [2.75, 3.05) is 0 Å². The molecule has 0 saturated heterocycles. The molecule has 0 aliphatic heterocycles. The molecule has 3 aliphatic carbocycles. The van der Waals surface area contributed by atoms with Gasteiger partial charge in [-0.1, -0.05) is 79.7 Å². The van der Waals surface area contributed by atoms with Crippen molar-refractivity contribution in [3.05, 3.63) is 112 Å². The second kappa shape index (κ2) is 9.30. The molecular weight excluding hydrogens is 454 g/mol. The first kappa shape index (κ1) is 23.7. The fraction of sp³-hybridized carbons (Fsp3) is 0.294. The largest absolute Gasteiger partial charge is 0.366 e. The fourth-order valence-corrected chi connectivity index (χ4v) is 7.24. The molecule has 0 radical (unpaired) electrons. The van der Waals surface area contributed by atoms with E-state index in [1.165, 1.54) is 22.3 Å². The Morgan fingerprint density at radius 3 is 2.51 bits per heavy atom. The molecule has 0 bridgehead atoms. The number of carbonyl (C=O) groups excluding carboxylic acids is 2. The van der Waals surface area contributed by atoms with E-state index in [1.807, 2.05) is 24.3 Å². The molecule has 2 saturated carbocycles. The number of allylic oxidation sites excluding steroid dienone is 1. The Balaban J connectivity index is 1.25. The summed E-state index contributed by atoms with van der Waals surface area (Å²) in [7, 11) is 0. The Morgan fingerprint density at radius 1 is 0.919 bits per heavy atom. The normalized spacial score (nSPS) is 27.6. The predicted octanol–water partition coefficient (Wildman–Crippen LogP) is 7.07. The number of amides is 1. The molecule has 2 fully saturated rings. The lowest BCUT2D eigenvalue weighted by atomic mass is 9.55. The lowest BCUT2D eigenvalue weighted by molar-refractivity contribution is -0.127. The first-order valence-electron chi connectivity index (χ1n) is 13.4. The summed E-state index contributed by atoms with van der Waals surface area (Å²) in [5, 5.41) is 0. The van der Waals surface area contributed by atoms with Crippen molar-refractivity contribution in [1.29, 1.82) is 0 Å². The van der Waals surface area contributed by atoms with Gasteiger partial charge in [0.15, 0.2) is 5.78 Å². The maximum atomic E-state index is 13.7. The molecule has 186 valence electrons. The maximum Gasteiger partial charge on any atom is 0.248 e. The van der Waals surface area contributed by atoms with Crippen LogP contribution in [0.1, 0.15) is 76.7 Å². The zero-order valence-corrected chi connectivity index (χ0v) is 21.3. The number of hydrogen-bond donors (Lipinski definition) is 1. The average molecular weight is 488 g/mol. The van der Waals surface area contributed by atoms with Crippen molar-refractivity contribution < 1.29 is 9.59 Å². The van der Waals surface area contributed by atoms with Gasteiger partial charge in [-0.2, -0.15) is 0 Å². The van der Waals surface area contributed by atoms with Gasteiger partial charge in [-0.3, -0.25) is 9.59 Å². The van der Waals surface area contributed by atoms with Crippen LogP contribution in [0.4, 0.5) is 0 Å². The van der Waals surface area contributed by atoms with E-state index in [0.717, 1.165) is 43.2 Å². The number of Topliss-reactive ketones (excluding diaryl/α,β-unsaturated/α-hetero) is 1. The van der Waals surface area contributed by atoms with Gasteiger partial charge in [0.2, 0.25) is 5.91 Å². The summed E-state index contributed by atoms with van der Waals surface area (Å²) in [6.07, 6.45) is 11.4. The highest BCUT2D eigenvalue weighted by Crippen LogP contribution is 2.60. The van der Waals surface area contributed by atoms with Crippen molar-refractivity contribution in [1.82, 2.24) is 0 Å². The predicted molar refractivity (Wildman–Crippen MR) is 150 cm³/mol. The molecule has 0 heterocycles. The van der Waals surface area contributed by atoms with Crippen LogP contribution in [-0.2, 0) is 11.2 Å². The monoisotopic (exact) mass is 487 g/mol. The highest BCUT2D eigenvalue weighted by atomic mass is 16.1. The van der Waals surface area contributed by atoms with Crippen LogP contribution in [-0.4, -0.2) is 11.7 Å². The summed E-state index contributed by atoms with van der Waals surface area (Å²) in [5.41, 5.74) is 12.9. The number of carbonyl (C=O) groups is 2. The third-order valence-corrected chi connectivity index (χ3v) is 9.17. The van der Waals surface area contributed by atoms with Gasteiger partial charge in [-0.25, -0.2) is 0 Å². The fourth-order valence-electron chi connectivity index (χ4n) is 7.24. The molecule has 1 amide bonds. The maximum absolute atomic E-state index is 13.7. The van der Waals surface area contributed by atoms with Crippen molar-refractivity contribution >= 4 is 29.9 Å². The number of primary amides is 1. The van der Waals surface area contributed by atoms with Crippen molar-refractivity contribution in [3.63, 3.8) is 0 Å². The molecule has 37 heavy (non-hydrogen) atoms. The summed E-state index contributed by atoms with van der Waals surface area (Å²) in [4.78, 5) is 25.3. The van der Waals surface area contributed by atoms with E-state index in [2.05, 4.69) is 61.5 Å². The van der Waals surface area contributed by atoms with Crippen LogP contribution in [0.25, 0.3) is 18.2 Å². The van der Waals surface area contributed by atoms with Crippen LogP contribution in [0.15, 0.2) is 78.4 Å². The summed E-state index contributed by atoms with van der Waals surface area (Å²) < 4.78 is 0. The molecular formula is C34H33NO2. The standard InChI is InChI=1S/C34H33NO2/c1-34-17-16-29-28-14-12-23(11-10-22-6-3-2-4-7-22)18-25(28)13-15-30(29)31(34)21-27(32(34)36)20-24-8-5-9-26(19-24)33(35)37/h2-12,14,18-20,29-31H,13,15-17,21H2,1H3,(H2,35,37)/b11-10+,27-20+/t29-,30-,31+,34+/m1/s1. The minimum Gasteiger partial charge on any atom is -0.366 e. The third kappa shape index (κ3) is 4.27. The van der Waals surface area contributed by atoms with Gasteiger partial charge in [0.1, 0.15) is 0 Å². The molecule has 3 aromatic carbocycles. The number of rotatable bonds is 4. The van der Waals surface area contributed by atoms with Gasteiger partial charge < -0.3 is 5.73 Å². The highest BCUT2D eigenvalue weighted by Gasteiger charge is 2.56. The van der Waals surface area contributed by atoms with E-state index < -0.39 is 5.91 Å². The lowest BCUT2D eigenvalue weighted by Gasteiger charge is -2.48. The van der Waals surface area contributed by atoms with E-state index >= 15 is 0 Å². The number of benzene rings is 3. The van der Waals surface area contributed by atoms with E-state index in [9.17, 15) is 9.59 Å². The van der Waals surface area contributed by atoms with Crippen LogP contribution in [0, 0.1) is 17.3 Å². The van der Waals surface area contributed by atoms with Crippen molar-refractivity contribution in [2.45, 2.75) is 44.9 Å². The summed E-state index contributed by atoms with van der Waals surface area (Å²) in [5.74, 6) is 1.28. The lowest BCUT2D eigenvalue weighted by Crippen LogP contribution is -2.42. The van der Waals surface area contributed by atoms with E-state index in [1.54, 1.807) is 12.1 Å². The molecule has 0 aromatic heterocycles. The van der Waals surface area contributed by atoms with Gasteiger partial charge in [0.05, 0.1) is 0 Å². The zero-order chi connectivity index (χ0) is 25.6. The Bertz CT molecular complexity index is 1430. The van der Waals surface area contributed by atoms with Crippen molar-refractivity contribution in [2.24, 2.45) is 23.0 Å². The van der Waals surface area contributed by atoms with Gasteiger partial charge >= 0.3 is 0 Å². The Hall–Kier alpha value is -3.72. The van der Waals surface area contributed by atoms with E-state index in [4.69, 9.17) is 5.73 Å². The molecule has 3 aromatic rings. The Kier molecular flexibility index (Phi) is 5.95. The zero-order valence-electron chi connectivity index (χ0n) is 21.3. The van der Waals surface area contributed by atoms with Crippen LogP contribution >= 0.6 is 0 Å². The second-order valence-electron chi connectivity index (χ2n) is 11.3. The second-order valence-corrected chi connectivity index (χ2v) is 11.3. The quantitative estimate of drug-likeness (QED) is 0.316. The number of aryl methyl sites for hydroxylation is 1. The van der Waals surface area contributed by atoms with Gasteiger partial charge in [0.25, 0.3) is 0 Å². The van der Waals surface area contributed by atoms with Crippen LogP contribution in [0.2, 0.25) is 0 Å². The number of ketones is 1. The molecule has 2 N–H and O–H groups in total. The minimum absolute atomic E-state index is 0.288. The van der Waals surface area contributed by atoms with Gasteiger partial charge in [-0.15, -0.1) is 0 Å². The molecule has 4 atom stereocenters. The van der Waals surface area contributed by atoms with E-state index in [0.29, 0.717) is 29.1 Å². The molecule has 3 nitrogen and oxygen atoms in total. The van der Waals surface area contributed by atoms with Crippen LogP contribution in [0.3, 0.4) is 0 Å². The van der Waals surface area contributed by atoms with Crippen LogP contribution in [0.5, 0.6) is 0 Å². The smallest absolute Gasteiger partial charge is 0.248 e. The van der Waals surface area contributed by atoms with Gasteiger partial charge in [0, 0.05) is 11.0 Å². The van der Waals surface area contributed by atoms with Gasteiger partial charge in [-0.05, 0) is 101 Å². The molecule has 0 spiro atoms. The first-order chi connectivity index (χ1) is 17.9. The highest BCUT2D eigenvalue weighted by molar-refractivity contribution is 6.06. The number of fused-ring (bicyclic) bond motifs is 5. The van der Waals surface area contributed by atoms with Crippen molar-refractivity contribution in [3.8, 4) is 0 Å². The average Bonchev–Trinajstić information content (AvgIpc) is 3.17.